The number of rotatable bonds is 8. The molecule has 2 amide bonds. The molecule has 2 atom stereocenters. The van der Waals surface area contributed by atoms with Crippen molar-refractivity contribution in [2.45, 2.75) is 65.0 Å². The first-order valence-electron chi connectivity index (χ1n) is 10.6. The number of benzene rings is 1. The number of carbonyl (C=O) groups excluding carboxylic acids is 2. The summed E-state index contributed by atoms with van der Waals surface area (Å²) in [5, 5.41) is 14.5. The molecular weight excluding hydrogens is 366 g/mol. The van der Waals surface area contributed by atoms with Crippen molar-refractivity contribution in [1.29, 1.82) is 0 Å². The van der Waals surface area contributed by atoms with Gasteiger partial charge in [0.25, 0.3) is 5.91 Å². The van der Waals surface area contributed by atoms with Crippen LogP contribution < -0.4 is 10.6 Å². The lowest BCUT2D eigenvalue weighted by molar-refractivity contribution is -0.124. The lowest BCUT2D eigenvalue weighted by atomic mass is 9.97. The molecule has 29 heavy (non-hydrogen) atoms. The molecule has 1 aliphatic rings. The standard InChI is InChI=1S/C22H31N5O2/c1-3-16(2)20(24-21(28)17-10-6-4-7-11-17)22(29)23-14-13-19-26-25-18-12-8-5-9-15-27(18)19/h4,6-7,10-11,16,20H,3,5,8-9,12-15H2,1-2H3,(H,23,29)(H,24,28). The van der Waals surface area contributed by atoms with Crippen molar-refractivity contribution in [3.05, 3.63) is 47.5 Å². The maximum absolute atomic E-state index is 12.8. The van der Waals surface area contributed by atoms with E-state index in [9.17, 15) is 9.59 Å². The van der Waals surface area contributed by atoms with Gasteiger partial charge in [-0.2, -0.15) is 0 Å². The monoisotopic (exact) mass is 397 g/mol. The molecule has 2 unspecified atom stereocenters. The van der Waals surface area contributed by atoms with Gasteiger partial charge in [0.15, 0.2) is 0 Å². The van der Waals surface area contributed by atoms with Crippen molar-refractivity contribution in [3.8, 4) is 0 Å². The molecule has 0 fully saturated rings. The number of nitrogens with zero attached hydrogens (tertiary/aromatic N) is 3. The number of hydrogen-bond acceptors (Lipinski definition) is 4. The smallest absolute Gasteiger partial charge is 0.251 e. The summed E-state index contributed by atoms with van der Waals surface area (Å²) in [4.78, 5) is 25.3. The Labute approximate surface area is 172 Å². The summed E-state index contributed by atoms with van der Waals surface area (Å²) in [6.07, 6.45) is 5.93. The highest BCUT2D eigenvalue weighted by atomic mass is 16.2. The Kier molecular flexibility index (Phi) is 7.38. The molecule has 2 heterocycles. The number of nitrogens with one attached hydrogen (secondary N) is 2. The summed E-state index contributed by atoms with van der Waals surface area (Å²) < 4.78 is 2.20. The van der Waals surface area contributed by atoms with Gasteiger partial charge in [0.1, 0.15) is 17.7 Å². The molecule has 2 N–H and O–H groups in total. The number of amides is 2. The zero-order chi connectivity index (χ0) is 20.6. The molecule has 1 aromatic carbocycles. The Morgan fingerprint density at radius 2 is 1.93 bits per heavy atom. The number of aryl methyl sites for hydroxylation is 1. The second-order valence-electron chi connectivity index (χ2n) is 7.74. The highest BCUT2D eigenvalue weighted by Gasteiger charge is 2.26. The van der Waals surface area contributed by atoms with Gasteiger partial charge in [-0.25, -0.2) is 0 Å². The maximum atomic E-state index is 12.8. The van der Waals surface area contributed by atoms with Crippen molar-refractivity contribution < 1.29 is 9.59 Å². The fourth-order valence-corrected chi connectivity index (χ4v) is 3.65. The molecule has 1 aromatic heterocycles. The van der Waals surface area contributed by atoms with Crippen LogP contribution in [-0.4, -0.2) is 39.2 Å². The fourth-order valence-electron chi connectivity index (χ4n) is 3.65. The first-order valence-corrected chi connectivity index (χ1v) is 10.6. The minimum absolute atomic E-state index is 0.0343. The van der Waals surface area contributed by atoms with Gasteiger partial charge >= 0.3 is 0 Å². The van der Waals surface area contributed by atoms with Crippen molar-refractivity contribution >= 4 is 11.8 Å². The van der Waals surface area contributed by atoms with E-state index in [1.807, 2.05) is 32.0 Å². The van der Waals surface area contributed by atoms with Crippen LogP contribution in [0.25, 0.3) is 0 Å². The molecular formula is C22H31N5O2. The summed E-state index contributed by atoms with van der Waals surface area (Å²) in [7, 11) is 0. The molecule has 0 bridgehead atoms. The van der Waals surface area contributed by atoms with Crippen LogP contribution >= 0.6 is 0 Å². The van der Waals surface area contributed by atoms with Crippen LogP contribution in [0.4, 0.5) is 0 Å². The van der Waals surface area contributed by atoms with Gasteiger partial charge in [-0.05, 0) is 30.9 Å². The zero-order valence-corrected chi connectivity index (χ0v) is 17.4. The van der Waals surface area contributed by atoms with E-state index in [2.05, 4.69) is 25.4 Å². The van der Waals surface area contributed by atoms with E-state index in [4.69, 9.17) is 0 Å². The van der Waals surface area contributed by atoms with Crippen molar-refractivity contribution in [2.75, 3.05) is 6.54 Å². The van der Waals surface area contributed by atoms with Gasteiger partial charge in [-0.15, -0.1) is 10.2 Å². The second-order valence-corrected chi connectivity index (χ2v) is 7.74. The number of fused-ring (bicyclic) bond motifs is 1. The SMILES string of the molecule is CCC(C)C(NC(=O)c1ccccc1)C(=O)NCCc1nnc2n1CCCCC2. The number of aromatic nitrogens is 3. The second kappa shape index (κ2) is 10.2. The number of carbonyl (C=O) groups is 2. The molecule has 1 aliphatic heterocycles. The summed E-state index contributed by atoms with van der Waals surface area (Å²) in [5.74, 6) is 1.63. The summed E-state index contributed by atoms with van der Waals surface area (Å²) in [6.45, 7) is 5.43. The molecule has 0 spiro atoms. The third-order valence-corrected chi connectivity index (χ3v) is 5.65. The van der Waals surface area contributed by atoms with Crippen molar-refractivity contribution in [3.63, 3.8) is 0 Å². The quantitative estimate of drug-likeness (QED) is 0.716. The Bertz CT molecular complexity index is 818. The Morgan fingerprint density at radius 1 is 1.14 bits per heavy atom. The minimum Gasteiger partial charge on any atom is -0.354 e. The van der Waals surface area contributed by atoms with Crippen LogP contribution in [0.5, 0.6) is 0 Å². The molecule has 0 saturated heterocycles. The maximum Gasteiger partial charge on any atom is 0.251 e. The highest BCUT2D eigenvalue weighted by molar-refractivity contribution is 5.97. The van der Waals surface area contributed by atoms with E-state index < -0.39 is 6.04 Å². The normalized spacial score (nSPS) is 15.7. The predicted octanol–water partition coefficient (Wildman–Crippen LogP) is 2.51. The minimum atomic E-state index is -0.566. The molecule has 0 saturated carbocycles. The van der Waals surface area contributed by atoms with E-state index in [0.717, 1.165) is 43.9 Å². The van der Waals surface area contributed by atoms with Crippen molar-refractivity contribution in [2.24, 2.45) is 5.92 Å². The van der Waals surface area contributed by atoms with Gasteiger partial charge in [0.2, 0.25) is 5.91 Å². The van der Waals surface area contributed by atoms with Gasteiger partial charge in [0.05, 0.1) is 0 Å². The summed E-state index contributed by atoms with van der Waals surface area (Å²) in [5.41, 5.74) is 0.555. The summed E-state index contributed by atoms with van der Waals surface area (Å²) >= 11 is 0. The predicted molar refractivity (Wildman–Crippen MR) is 111 cm³/mol. The molecule has 7 nitrogen and oxygen atoms in total. The van der Waals surface area contributed by atoms with Crippen LogP contribution in [-0.2, 0) is 24.2 Å². The van der Waals surface area contributed by atoms with Crippen molar-refractivity contribution in [1.82, 2.24) is 25.4 Å². The topological polar surface area (TPSA) is 88.9 Å². The first-order chi connectivity index (χ1) is 14.1. The molecule has 7 heteroatoms. The lowest BCUT2D eigenvalue weighted by Crippen LogP contribution is -2.50. The highest BCUT2D eigenvalue weighted by Crippen LogP contribution is 2.15. The van der Waals surface area contributed by atoms with Crippen LogP contribution in [0.15, 0.2) is 30.3 Å². The van der Waals surface area contributed by atoms with Crippen LogP contribution in [0, 0.1) is 5.92 Å². The van der Waals surface area contributed by atoms with E-state index in [-0.39, 0.29) is 17.7 Å². The molecule has 156 valence electrons. The molecule has 2 aromatic rings. The van der Waals surface area contributed by atoms with Gasteiger partial charge in [0, 0.05) is 31.5 Å². The first kappa shape index (κ1) is 21.0. The van der Waals surface area contributed by atoms with E-state index >= 15 is 0 Å². The fraction of sp³-hybridized carbons (Fsp3) is 0.545. The van der Waals surface area contributed by atoms with E-state index in [0.29, 0.717) is 18.5 Å². The number of hydrogen-bond donors (Lipinski definition) is 2. The average Bonchev–Trinajstić information content (AvgIpc) is 2.97. The molecule has 0 radical (unpaired) electrons. The summed E-state index contributed by atoms with van der Waals surface area (Å²) in [6, 6.07) is 8.42. The zero-order valence-electron chi connectivity index (χ0n) is 17.4. The van der Waals surface area contributed by atoms with Gasteiger partial charge in [-0.1, -0.05) is 44.9 Å². The van der Waals surface area contributed by atoms with Gasteiger partial charge < -0.3 is 15.2 Å². The third-order valence-electron chi connectivity index (χ3n) is 5.65. The average molecular weight is 398 g/mol. The van der Waals surface area contributed by atoms with E-state index in [1.165, 1.54) is 6.42 Å². The van der Waals surface area contributed by atoms with Gasteiger partial charge in [-0.3, -0.25) is 9.59 Å². The third kappa shape index (κ3) is 5.43. The van der Waals surface area contributed by atoms with Crippen LogP contribution in [0.2, 0.25) is 0 Å². The van der Waals surface area contributed by atoms with E-state index in [1.54, 1.807) is 12.1 Å². The Balaban J connectivity index is 1.57. The Hall–Kier alpha value is -2.70. The molecule has 3 rings (SSSR count). The Morgan fingerprint density at radius 3 is 2.69 bits per heavy atom. The largest absolute Gasteiger partial charge is 0.354 e. The lowest BCUT2D eigenvalue weighted by Gasteiger charge is -2.23. The van der Waals surface area contributed by atoms with Crippen LogP contribution in [0.3, 0.4) is 0 Å². The van der Waals surface area contributed by atoms with Crippen LogP contribution in [0.1, 0.15) is 61.5 Å². The molecule has 0 aliphatic carbocycles.